The molecule has 1 aromatic carbocycles. The molecule has 1 heterocycles. The van der Waals surface area contributed by atoms with E-state index in [-0.39, 0.29) is 11.7 Å². The second kappa shape index (κ2) is 4.98. The Morgan fingerprint density at radius 2 is 1.88 bits per heavy atom. The summed E-state index contributed by atoms with van der Waals surface area (Å²) in [5.41, 5.74) is 6.29. The van der Waals surface area contributed by atoms with E-state index < -0.39 is 5.54 Å². The number of ketones is 1. The molecule has 0 spiro atoms. The van der Waals surface area contributed by atoms with Crippen LogP contribution in [-0.4, -0.2) is 18.9 Å². The van der Waals surface area contributed by atoms with Gasteiger partial charge in [-0.25, -0.2) is 0 Å². The zero-order chi connectivity index (χ0) is 12.3. The number of nitrogens with two attached hydrogens (primary N) is 1. The Hall–Kier alpha value is -1.19. The maximum absolute atomic E-state index is 12.5. The third-order valence-electron chi connectivity index (χ3n) is 3.60. The lowest BCUT2D eigenvalue weighted by atomic mass is 9.79. The van der Waals surface area contributed by atoms with E-state index in [9.17, 15) is 4.79 Å². The first-order valence-corrected chi connectivity index (χ1v) is 6.22. The van der Waals surface area contributed by atoms with Gasteiger partial charge in [-0.3, -0.25) is 4.79 Å². The monoisotopic (exact) mass is 232 g/mol. The maximum Gasteiger partial charge on any atom is 0.160 e. The number of piperidine rings is 1. The largest absolute Gasteiger partial charge is 0.317 e. The van der Waals surface area contributed by atoms with Gasteiger partial charge in [0.25, 0.3) is 0 Å². The minimum atomic E-state index is -0.858. The lowest BCUT2D eigenvalue weighted by Crippen LogP contribution is -2.47. The van der Waals surface area contributed by atoms with Crippen molar-refractivity contribution in [2.75, 3.05) is 13.1 Å². The van der Waals surface area contributed by atoms with Crippen molar-refractivity contribution in [3.63, 3.8) is 0 Å². The molecule has 1 fully saturated rings. The molecule has 1 unspecified atom stereocenters. The van der Waals surface area contributed by atoms with Gasteiger partial charge in [-0.2, -0.15) is 0 Å². The first-order valence-electron chi connectivity index (χ1n) is 6.22. The number of rotatable bonds is 3. The van der Waals surface area contributed by atoms with Crippen LogP contribution in [0.15, 0.2) is 30.3 Å². The minimum absolute atomic E-state index is 0.103. The average Bonchev–Trinajstić information content (AvgIpc) is 2.40. The predicted molar refractivity (Wildman–Crippen MR) is 68.6 cm³/mol. The summed E-state index contributed by atoms with van der Waals surface area (Å²) in [5.74, 6) is 0.275. The summed E-state index contributed by atoms with van der Waals surface area (Å²) in [6.07, 6.45) is 1.80. The van der Waals surface area contributed by atoms with E-state index in [1.54, 1.807) is 0 Å². The molecule has 92 valence electrons. The van der Waals surface area contributed by atoms with Gasteiger partial charge < -0.3 is 11.1 Å². The third-order valence-corrected chi connectivity index (χ3v) is 3.60. The molecule has 1 aliphatic heterocycles. The highest BCUT2D eigenvalue weighted by Crippen LogP contribution is 2.26. The number of hydrogen-bond acceptors (Lipinski definition) is 3. The molecule has 0 aromatic heterocycles. The number of hydrogen-bond donors (Lipinski definition) is 2. The quantitative estimate of drug-likeness (QED) is 0.829. The summed E-state index contributed by atoms with van der Waals surface area (Å²) in [6.45, 7) is 3.66. The van der Waals surface area contributed by atoms with Crippen molar-refractivity contribution >= 4 is 5.78 Å². The zero-order valence-corrected chi connectivity index (χ0v) is 10.3. The van der Waals surface area contributed by atoms with Gasteiger partial charge in [0.2, 0.25) is 0 Å². The van der Waals surface area contributed by atoms with Gasteiger partial charge in [-0.1, -0.05) is 30.3 Å². The summed E-state index contributed by atoms with van der Waals surface area (Å²) < 4.78 is 0. The molecule has 0 aliphatic carbocycles. The molecule has 1 saturated heterocycles. The molecule has 3 nitrogen and oxygen atoms in total. The topological polar surface area (TPSA) is 55.1 Å². The van der Waals surface area contributed by atoms with Crippen molar-refractivity contribution in [1.82, 2.24) is 5.32 Å². The van der Waals surface area contributed by atoms with Crippen LogP contribution >= 0.6 is 0 Å². The van der Waals surface area contributed by atoms with E-state index in [2.05, 4.69) is 5.32 Å². The van der Waals surface area contributed by atoms with Crippen LogP contribution in [0.4, 0.5) is 0 Å². The smallest absolute Gasteiger partial charge is 0.160 e. The summed E-state index contributed by atoms with van der Waals surface area (Å²) in [4.78, 5) is 12.5. The van der Waals surface area contributed by atoms with Crippen LogP contribution < -0.4 is 11.1 Å². The fourth-order valence-corrected chi connectivity index (χ4v) is 2.43. The van der Waals surface area contributed by atoms with Crippen LogP contribution in [0.1, 0.15) is 25.3 Å². The second-order valence-electron chi connectivity index (χ2n) is 4.96. The van der Waals surface area contributed by atoms with Crippen molar-refractivity contribution in [2.45, 2.75) is 25.3 Å². The number of nitrogens with one attached hydrogen (secondary N) is 1. The molecule has 0 amide bonds. The van der Waals surface area contributed by atoms with E-state index in [4.69, 9.17) is 5.73 Å². The molecular weight excluding hydrogens is 212 g/mol. The molecule has 0 bridgehead atoms. The Bertz CT molecular complexity index is 380. The van der Waals surface area contributed by atoms with E-state index in [1.165, 1.54) is 0 Å². The normalized spacial score (nSPS) is 20.8. The van der Waals surface area contributed by atoms with Crippen LogP contribution in [0, 0.1) is 5.92 Å². The van der Waals surface area contributed by atoms with Gasteiger partial charge in [0.1, 0.15) is 0 Å². The van der Waals surface area contributed by atoms with Gasteiger partial charge in [0.05, 0.1) is 5.54 Å². The second-order valence-corrected chi connectivity index (χ2v) is 4.96. The van der Waals surface area contributed by atoms with Crippen molar-refractivity contribution < 1.29 is 4.79 Å². The van der Waals surface area contributed by atoms with Crippen LogP contribution in [0.2, 0.25) is 0 Å². The molecule has 0 saturated carbocycles. The van der Waals surface area contributed by atoms with Crippen molar-refractivity contribution in [3.8, 4) is 0 Å². The van der Waals surface area contributed by atoms with Gasteiger partial charge >= 0.3 is 0 Å². The fraction of sp³-hybridized carbons (Fsp3) is 0.500. The summed E-state index contributed by atoms with van der Waals surface area (Å²) >= 11 is 0. The Balaban J connectivity index is 2.17. The SMILES string of the molecule is CC(N)(C(=O)C1CCNCC1)c1ccccc1. The molecule has 1 aliphatic rings. The standard InChI is InChI=1S/C14H20N2O/c1-14(15,12-5-3-2-4-6-12)13(17)11-7-9-16-10-8-11/h2-6,11,16H,7-10,15H2,1H3. The molecule has 1 atom stereocenters. The maximum atomic E-state index is 12.5. The molecule has 2 rings (SSSR count). The fourth-order valence-electron chi connectivity index (χ4n) is 2.43. The molecule has 1 aromatic rings. The Morgan fingerprint density at radius 3 is 2.47 bits per heavy atom. The first kappa shape index (κ1) is 12.3. The Morgan fingerprint density at radius 1 is 1.29 bits per heavy atom. The van der Waals surface area contributed by atoms with E-state index >= 15 is 0 Å². The lowest BCUT2D eigenvalue weighted by Gasteiger charge is -2.30. The van der Waals surface area contributed by atoms with Crippen molar-refractivity contribution in [3.05, 3.63) is 35.9 Å². The van der Waals surface area contributed by atoms with Crippen LogP contribution in [-0.2, 0) is 10.3 Å². The molecule has 3 heteroatoms. The Labute approximate surface area is 102 Å². The minimum Gasteiger partial charge on any atom is -0.317 e. The third kappa shape index (κ3) is 2.56. The van der Waals surface area contributed by atoms with Gasteiger partial charge in [0, 0.05) is 5.92 Å². The summed E-state index contributed by atoms with van der Waals surface area (Å²) in [5, 5.41) is 3.27. The average molecular weight is 232 g/mol. The Kier molecular flexibility index (Phi) is 3.60. The number of benzene rings is 1. The van der Waals surface area contributed by atoms with Crippen LogP contribution in [0.5, 0.6) is 0 Å². The summed E-state index contributed by atoms with van der Waals surface area (Å²) in [7, 11) is 0. The van der Waals surface area contributed by atoms with E-state index in [0.717, 1.165) is 31.5 Å². The molecule has 17 heavy (non-hydrogen) atoms. The van der Waals surface area contributed by atoms with Crippen molar-refractivity contribution in [1.29, 1.82) is 0 Å². The van der Waals surface area contributed by atoms with Gasteiger partial charge in [0.15, 0.2) is 5.78 Å². The summed E-state index contributed by atoms with van der Waals surface area (Å²) in [6, 6.07) is 9.65. The number of carbonyl (C=O) groups excluding carboxylic acids is 1. The van der Waals surface area contributed by atoms with Crippen LogP contribution in [0.3, 0.4) is 0 Å². The lowest BCUT2D eigenvalue weighted by molar-refractivity contribution is -0.128. The molecule has 0 radical (unpaired) electrons. The predicted octanol–water partition coefficient (Wildman–Crippen LogP) is 1.43. The first-order chi connectivity index (χ1) is 8.12. The van der Waals surface area contributed by atoms with Crippen LogP contribution in [0.25, 0.3) is 0 Å². The van der Waals surface area contributed by atoms with E-state index in [1.807, 2.05) is 37.3 Å². The van der Waals surface area contributed by atoms with Crippen molar-refractivity contribution in [2.24, 2.45) is 11.7 Å². The highest BCUT2D eigenvalue weighted by molar-refractivity contribution is 5.91. The van der Waals surface area contributed by atoms with Gasteiger partial charge in [-0.05, 0) is 38.4 Å². The van der Waals surface area contributed by atoms with Gasteiger partial charge in [-0.15, -0.1) is 0 Å². The highest BCUT2D eigenvalue weighted by Gasteiger charge is 2.35. The van der Waals surface area contributed by atoms with E-state index in [0.29, 0.717) is 0 Å². The molecule has 3 N–H and O–H groups in total. The highest BCUT2D eigenvalue weighted by atomic mass is 16.1. The zero-order valence-electron chi connectivity index (χ0n) is 10.3. The molecular formula is C14H20N2O. The number of carbonyl (C=O) groups is 1. The number of Topliss-reactive ketones (excluding diaryl/α,β-unsaturated/α-hetero) is 1.